The molecule has 0 unspecified atom stereocenters. The molecule has 0 bridgehead atoms. The van der Waals surface area contributed by atoms with Crippen molar-refractivity contribution in [2.75, 3.05) is 0 Å². The van der Waals surface area contributed by atoms with Crippen molar-refractivity contribution in [1.82, 2.24) is 0 Å². The summed E-state index contributed by atoms with van der Waals surface area (Å²) in [5.74, 6) is 0. The molecule has 0 saturated heterocycles. The molecular formula is C11H7NOS. The number of hydrogen-bond acceptors (Lipinski definition) is 2. The van der Waals surface area contributed by atoms with Crippen molar-refractivity contribution >= 4 is 32.3 Å². The third-order valence-electron chi connectivity index (χ3n) is 2.36. The van der Waals surface area contributed by atoms with E-state index in [4.69, 9.17) is 0 Å². The average Bonchev–Trinajstić information content (AvgIpc) is 2.65. The Morgan fingerprint density at radius 2 is 2.07 bits per heavy atom. The van der Waals surface area contributed by atoms with Crippen molar-refractivity contribution in [3.63, 3.8) is 0 Å². The summed E-state index contributed by atoms with van der Waals surface area (Å²) in [5, 5.41) is 15.7. The van der Waals surface area contributed by atoms with Gasteiger partial charge in [0, 0.05) is 16.2 Å². The molecule has 0 aliphatic rings. The monoisotopic (exact) mass is 201 g/mol. The fourth-order valence-electron chi connectivity index (χ4n) is 1.73. The van der Waals surface area contributed by atoms with Gasteiger partial charge in [0.05, 0.1) is 5.39 Å². The van der Waals surface area contributed by atoms with Gasteiger partial charge in [-0.05, 0) is 29.6 Å². The van der Waals surface area contributed by atoms with Crippen LogP contribution in [0.1, 0.15) is 0 Å². The third kappa shape index (κ3) is 0.930. The van der Waals surface area contributed by atoms with Gasteiger partial charge in [-0.2, -0.15) is 4.73 Å². The van der Waals surface area contributed by atoms with Crippen LogP contribution in [0, 0.1) is 5.21 Å². The van der Waals surface area contributed by atoms with Gasteiger partial charge in [-0.15, -0.1) is 11.3 Å². The highest BCUT2D eigenvalue weighted by atomic mass is 32.1. The molecule has 0 fully saturated rings. The number of hydrogen-bond donors (Lipinski definition) is 0. The SMILES string of the molecule is [O-][n+]1cccc2ccc3sccc3c21. The van der Waals surface area contributed by atoms with Crippen LogP contribution in [-0.4, -0.2) is 0 Å². The lowest BCUT2D eigenvalue weighted by atomic mass is 10.1. The topological polar surface area (TPSA) is 26.9 Å². The minimum Gasteiger partial charge on any atom is -0.618 e. The largest absolute Gasteiger partial charge is 0.618 e. The molecule has 3 rings (SSSR count). The van der Waals surface area contributed by atoms with Gasteiger partial charge in [0.1, 0.15) is 0 Å². The highest BCUT2D eigenvalue weighted by Gasteiger charge is 2.08. The number of fused-ring (bicyclic) bond motifs is 3. The van der Waals surface area contributed by atoms with Gasteiger partial charge in [0.2, 0.25) is 5.52 Å². The van der Waals surface area contributed by atoms with Crippen LogP contribution in [0.5, 0.6) is 0 Å². The van der Waals surface area contributed by atoms with E-state index in [1.165, 1.54) is 0 Å². The van der Waals surface area contributed by atoms with Crippen LogP contribution in [-0.2, 0) is 0 Å². The Balaban J connectivity index is 2.67. The molecule has 1 aromatic carbocycles. The molecular weight excluding hydrogens is 194 g/mol. The van der Waals surface area contributed by atoms with Crippen molar-refractivity contribution in [1.29, 1.82) is 0 Å². The van der Waals surface area contributed by atoms with E-state index in [1.807, 2.05) is 23.6 Å². The molecule has 0 aliphatic carbocycles. The van der Waals surface area contributed by atoms with E-state index in [2.05, 4.69) is 6.07 Å². The maximum Gasteiger partial charge on any atom is 0.232 e. The van der Waals surface area contributed by atoms with Gasteiger partial charge in [0.25, 0.3) is 0 Å². The van der Waals surface area contributed by atoms with Crippen LogP contribution < -0.4 is 4.73 Å². The highest BCUT2D eigenvalue weighted by Crippen LogP contribution is 2.26. The first-order chi connectivity index (χ1) is 6.86. The summed E-state index contributed by atoms with van der Waals surface area (Å²) in [6, 6.07) is 9.77. The smallest absolute Gasteiger partial charge is 0.232 e. The Morgan fingerprint density at radius 3 is 3.00 bits per heavy atom. The molecule has 14 heavy (non-hydrogen) atoms. The summed E-state index contributed by atoms with van der Waals surface area (Å²) in [7, 11) is 0. The van der Waals surface area contributed by atoms with Crippen molar-refractivity contribution < 1.29 is 4.73 Å². The summed E-state index contributed by atoms with van der Waals surface area (Å²) in [6.07, 6.45) is 1.54. The van der Waals surface area contributed by atoms with Gasteiger partial charge in [0.15, 0.2) is 6.20 Å². The van der Waals surface area contributed by atoms with Crippen molar-refractivity contribution in [3.8, 4) is 0 Å². The molecule has 0 N–H and O–H groups in total. The number of thiophene rings is 1. The molecule has 2 heterocycles. The standard InChI is InChI=1S/C11H7NOS/c13-12-6-1-2-8-3-4-10-9(11(8)12)5-7-14-10/h1-7H. The minimum atomic E-state index is 0.770. The second kappa shape index (κ2) is 2.69. The van der Waals surface area contributed by atoms with Gasteiger partial charge in [-0.1, -0.05) is 0 Å². The van der Waals surface area contributed by atoms with Crippen LogP contribution in [0.2, 0.25) is 0 Å². The molecule has 3 heteroatoms. The second-order valence-electron chi connectivity index (χ2n) is 3.17. The zero-order chi connectivity index (χ0) is 9.54. The predicted octanol–water partition coefficient (Wildman–Crippen LogP) is 2.69. The molecule has 2 nitrogen and oxygen atoms in total. The first-order valence-corrected chi connectivity index (χ1v) is 5.22. The van der Waals surface area contributed by atoms with Gasteiger partial charge >= 0.3 is 0 Å². The van der Waals surface area contributed by atoms with E-state index < -0.39 is 0 Å². The summed E-state index contributed by atoms with van der Waals surface area (Å²) in [5.41, 5.74) is 0.770. The number of benzene rings is 1. The van der Waals surface area contributed by atoms with E-state index in [1.54, 1.807) is 23.6 Å². The molecule has 0 atom stereocenters. The van der Waals surface area contributed by atoms with Crippen molar-refractivity contribution in [3.05, 3.63) is 47.1 Å². The number of pyridine rings is 1. The summed E-state index contributed by atoms with van der Waals surface area (Å²) < 4.78 is 2.10. The Hall–Kier alpha value is -1.61. The Kier molecular flexibility index (Phi) is 1.49. The molecule has 2 aromatic heterocycles. The Labute approximate surface area is 84.6 Å². The average molecular weight is 201 g/mol. The zero-order valence-electron chi connectivity index (χ0n) is 7.31. The summed E-state index contributed by atoms with van der Waals surface area (Å²) in [6.45, 7) is 0. The Bertz CT molecular complexity index is 615. The number of rotatable bonds is 0. The number of aromatic nitrogens is 1. The predicted molar refractivity (Wildman–Crippen MR) is 58.3 cm³/mol. The lowest BCUT2D eigenvalue weighted by Gasteiger charge is -2.01. The second-order valence-corrected chi connectivity index (χ2v) is 4.12. The highest BCUT2D eigenvalue weighted by molar-refractivity contribution is 7.17. The minimum absolute atomic E-state index is 0.770. The normalized spacial score (nSPS) is 11.1. The maximum atomic E-state index is 11.6. The van der Waals surface area contributed by atoms with Gasteiger partial charge in [-0.25, -0.2) is 0 Å². The van der Waals surface area contributed by atoms with Crippen LogP contribution in [0.25, 0.3) is 21.0 Å². The lowest BCUT2D eigenvalue weighted by molar-refractivity contribution is -0.576. The van der Waals surface area contributed by atoms with E-state index in [0.717, 1.165) is 25.7 Å². The molecule has 0 radical (unpaired) electrons. The van der Waals surface area contributed by atoms with Crippen molar-refractivity contribution in [2.45, 2.75) is 0 Å². The molecule has 0 amide bonds. The van der Waals surface area contributed by atoms with E-state index in [0.29, 0.717) is 0 Å². The van der Waals surface area contributed by atoms with Crippen LogP contribution in [0.15, 0.2) is 41.9 Å². The fraction of sp³-hybridized carbons (Fsp3) is 0. The lowest BCUT2D eigenvalue weighted by Crippen LogP contribution is -2.25. The van der Waals surface area contributed by atoms with Gasteiger partial charge < -0.3 is 5.21 Å². The molecule has 0 saturated carbocycles. The Morgan fingerprint density at radius 1 is 1.14 bits per heavy atom. The maximum absolute atomic E-state index is 11.6. The van der Waals surface area contributed by atoms with Gasteiger partial charge in [-0.3, -0.25) is 0 Å². The van der Waals surface area contributed by atoms with E-state index in [-0.39, 0.29) is 0 Å². The van der Waals surface area contributed by atoms with E-state index in [9.17, 15) is 5.21 Å². The van der Waals surface area contributed by atoms with E-state index >= 15 is 0 Å². The molecule has 0 spiro atoms. The molecule has 68 valence electrons. The first-order valence-electron chi connectivity index (χ1n) is 4.34. The van der Waals surface area contributed by atoms with Crippen LogP contribution in [0.4, 0.5) is 0 Å². The number of nitrogens with zero attached hydrogens (tertiary/aromatic N) is 1. The molecule has 0 aliphatic heterocycles. The van der Waals surface area contributed by atoms with Crippen LogP contribution in [0.3, 0.4) is 0 Å². The fourth-order valence-corrected chi connectivity index (χ4v) is 2.51. The molecule has 3 aromatic rings. The van der Waals surface area contributed by atoms with Crippen molar-refractivity contribution in [2.24, 2.45) is 0 Å². The summed E-state index contributed by atoms with van der Waals surface area (Å²) in [4.78, 5) is 0. The third-order valence-corrected chi connectivity index (χ3v) is 3.24. The van der Waals surface area contributed by atoms with Crippen LogP contribution >= 0.6 is 11.3 Å². The summed E-state index contributed by atoms with van der Waals surface area (Å²) >= 11 is 1.66. The quantitative estimate of drug-likeness (QED) is 0.406. The zero-order valence-corrected chi connectivity index (χ0v) is 8.12. The first kappa shape index (κ1) is 7.76.